The summed E-state index contributed by atoms with van der Waals surface area (Å²) >= 11 is 0. The molecule has 2 aromatic heterocycles. The van der Waals surface area contributed by atoms with E-state index in [9.17, 15) is 18.4 Å². The molecular weight excluding hydrogens is 560 g/mol. The number of methoxy groups -OCH3 is 1. The molecule has 2 bridgehead atoms. The van der Waals surface area contributed by atoms with Gasteiger partial charge in [0.1, 0.15) is 40.2 Å². The summed E-state index contributed by atoms with van der Waals surface area (Å²) in [4.78, 5) is 32.2. The molecule has 1 unspecified atom stereocenters. The van der Waals surface area contributed by atoms with E-state index in [1.165, 1.54) is 13.2 Å². The molecule has 4 heterocycles. The Morgan fingerprint density at radius 3 is 2.37 bits per heavy atom. The van der Waals surface area contributed by atoms with Crippen molar-refractivity contribution in [3.63, 3.8) is 0 Å². The number of alkyl halides is 2. The van der Waals surface area contributed by atoms with Crippen molar-refractivity contribution in [1.29, 1.82) is 0 Å². The Labute approximate surface area is 249 Å². The minimum atomic E-state index is -3.10. The number of piperidine rings is 1. The number of ether oxygens (including phenoxy) is 4. The normalized spacial score (nSPS) is 21.7. The van der Waals surface area contributed by atoms with Crippen LogP contribution >= 0.6 is 0 Å². The number of nitrogens with zero attached hydrogens (tertiary/aromatic N) is 3. The first kappa shape index (κ1) is 29.2. The largest absolute Gasteiger partial charge is 0.496 e. The van der Waals surface area contributed by atoms with Crippen LogP contribution in [0.5, 0.6) is 17.2 Å². The second kappa shape index (κ2) is 11.3. The molecule has 2 saturated heterocycles. The topological polar surface area (TPSA) is 91.6 Å². The van der Waals surface area contributed by atoms with Crippen LogP contribution in [0.1, 0.15) is 76.1 Å². The molecule has 0 N–H and O–H groups in total. The number of Topliss-reactive ketones (excluding diaryl/α,β-unsaturated/α-hetero) is 1. The summed E-state index contributed by atoms with van der Waals surface area (Å²) in [6, 6.07) is 6.92. The Bertz CT molecular complexity index is 1520. The molecule has 230 valence electrons. The lowest BCUT2D eigenvalue weighted by Crippen LogP contribution is -2.50. The first-order valence-electron chi connectivity index (χ1n) is 14.8. The van der Waals surface area contributed by atoms with Crippen LogP contribution in [0.2, 0.25) is 0 Å². The summed E-state index contributed by atoms with van der Waals surface area (Å²) in [5.41, 5.74) is 1.23. The molecular formula is C32H37F2N3O6. The summed E-state index contributed by atoms with van der Waals surface area (Å²) in [7, 11) is 1.40. The van der Waals surface area contributed by atoms with Gasteiger partial charge in [0.25, 0.3) is 0 Å². The Balaban J connectivity index is 1.21. The third-order valence-corrected chi connectivity index (χ3v) is 8.33. The lowest BCUT2D eigenvalue weighted by Gasteiger charge is -2.39. The molecule has 11 heteroatoms. The van der Waals surface area contributed by atoms with Gasteiger partial charge in [-0.15, -0.1) is 0 Å². The first-order chi connectivity index (χ1) is 20.5. The average Bonchev–Trinajstić information content (AvgIpc) is 3.57. The Hall–Kier alpha value is -3.89. The van der Waals surface area contributed by atoms with E-state index >= 15 is 0 Å². The van der Waals surface area contributed by atoms with Crippen molar-refractivity contribution in [2.24, 2.45) is 5.92 Å². The summed E-state index contributed by atoms with van der Waals surface area (Å²) in [6.07, 6.45) is 8.61. The fourth-order valence-electron chi connectivity index (χ4n) is 6.33. The van der Waals surface area contributed by atoms with E-state index in [4.69, 9.17) is 18.9 Å². The van der Waals surface area contributed by atoms with E-state index in [1.54, 1.807) is 12.3 Å². The molecule has 6 rings (SSSR count). The second-order valence-corrected chi connectivity index (χ2v) is 12.7. The Morgan fingerprint density at radius 2 is 1.74 bits per heavy atom. The highest BCUT2D eigenvalue weighted by Crippen LogP contribution is 2.41. The molecule has 1 aliphatic carbocycles. The highest BCUT2D eigenvalue weighted by molar-refractivity contribution is 6.02. The second-order valence-electron chi connectivity index (χ2n) is 12.7. The highest BCUT2D eigenvalue weighted by atomic mass is 19.3. The van der Waals surface area contributed by atoms with Crippen LogP contribution in [-0.4, -0.2) is 63.7 Å². The lowest BCUT2D eigenvalue weighted by atomic mass is 10.00. The Morgan fingerprint density at radius 1 is 1.05 bits per heavy atom. The summed E-state index contributed by atoms with van der Waals surface area (Å²) in [5.74, 6) is 0.629. The molecule has 1 amide bonds. The lowest BCUT2D eigenvalue weighted by molar-refractivity contribution is -0.0502. The molecule has 1 saturated carbocycles. The standard InChI is InChI=1S/C32H37F2N3O6/c1-32(2,3)43-31(39)37-20-7-8-21(37)15-23(14-20)41-22-9-10-36-24(17-35-28(36)16-22)19-12-26(40-4)29(25(38)11-18-5-6-18)27(13-19)42-30(33)34/h9-10,12-13,16-18,20-21,23,30H,5-8,11,14-15H2,1-4H3/t20-,21+,23?. The molecule has 3 aromatic rings. The van der Waals surface area contributed by atoms with Gasteiger partial charge >= 0.3 is 12.7 Å². The van der Waals surface area contributed by atoms with E-state index in [1.807, 2.05) is 48.4 Å². The maximum atomic E-state index is 13.4. The van der Waals surface area contributed by atoms with Crippen molar-refractivity contribution in [2.45, 2.75) is 96.1 Å². The molecule has 9 nitrogen and oxygen atoms in total. The summed E-state index contributed by atoms with van der Waals surface area (Å²) in [5, 5.41) is 0. The maximum Gasteiger partial charge on any atom is 0.410 e. The van der Waals surface area contributed by atoms with Crippen molar-refractivity contribution in [1.82, 2.24) is 14.3 Å². The van der Waals surface area contributed by atoms with Gasteiger partial charge in [-0.25, -0.2) is 9.78 Å². The third kappa shape index (κ3) is 6.26. The number of pyridine rings is 1. The van der Waals surface area contributed by atoms with Crippen molar-refractivity contribution in [2.75, 3.05) is 7.11 Å². The van der Waals surface area contributed by atoms with Gasteiger partial charge < -0.3 is 23.8 Å². The molecule has 3 aliphatic rings. The number of imidazole rings is 1. The van der Waals surface area contributed by atoms with Crippen LogP contribution in [0.15, 0.2) is 36.7 Å². The number of fused-ring (bicyclic) bond motifs is 3. The zero-order valence-electron chi connectivity index (χ0n) is 24.8. The van der Waals surface area contributed by atoms with Gasteiger partial charge in [-0.05, 0) is 70.6 Å². The SMILES string of the molecule is COc1cc(-c2cnc3cc(OC4C[C@H]5CC[C@@H](C4)N5C(=O)OC(C)(C)C)ccn23)cc(OC(F)F)c1C(=O)CC1CC1. The summed E-state index contributed by atoms with van der Waals surface area (Å²) < 4.78 is 50.9. The average molecular weight is 598 g/mol. The van der Waals surface area contributed by atoms with Crippen LogP contribution in [0, 0.1) is 5.92 Å². The van der Waals surface area contributed by atoms with Crippen LogP contribution in [0.25, 0.3) is 16.9 Å². The van der Waals surface area contributed by atoms with Crippen LogP contribution in [0.4, 0.5) is 13.6 Å². The van der Waals surface area contributed by atoms with Gasteiger partial charge in [-0.2, -0.15) is 8.78 Å². The highest BCUT2D eigenvalue weighted by Gasteiger charge is 2.45. The number of halogens is 2. The van der Waals surface area contributed by atoms with Crippen LogP contribution in [-0.2, 0) is 4.74 Å². The smallest absolute Gasteiger partial charge is 0.410 e. The van der Waals surface area contributed by atoms with Crippen LogP contribution < -0.4 is 14.2 Å². The number of amides is 1. The maximum absolute atomic E-state index is 13.4. The zero-order valence-corrected chi connectivity index (χ0v) is 24.8. The van der Waals surface area contributed by atoms with E-state index in [0.717, 1.165) is 38.5 Å². The van der Waals surface area contributed by atoms with E-state index in [2.05, 4.69) is 4.98 Å². The predicted octanol–water partition coefficient (Wildman–Crippen LogP) is 6.90. The molecule has 2 aliphatic heterocycles. The van der Waals surface area contributed by atoms with E-state index in [0.29, 0.717) is 22.7 Å². The fraction of sp³-hybridized carbons (Fsp3) is 0.531. The van der Waals surface area contributed by atoms with Gasteiger partial charge in [-0.1, -0.05) is 0 Å². The van der Waals surface area contributed by atoms with Gasteiger partial charge in [0.2, 0.25) is 0 Å². The van der Waals surface area contributed by atoms with Gasteiger partial charge in [0.15, 0.2) is 5.78 Å². The molecule has 3 atom stereocenters. The fourth-order valence-corrected chi connectivity index (χ4v) is 6.33. The number of benzene rings is 1. The van der Waals surface area contributed by atoms with Crippen molar-refractivity contribution >= 4 is 17.5 Å². The number of hydrogen-bond donors (Lipinski definition) is 0. The van der Waals surface area contributed by atoms with Crippen molar-refractivity contribution in [3.05, 3.63) is 42.2 Å². The van der Waals surface area contributed by atoms with Crippen molar-refractivity contribution in [3.8, 4) is 28.5 Å². The zero-order chi connectivity index (χ0) is 30.5. The van der Waals surface area contributed by atoms with Gasteiger partial charge in [-0.3, -0.25) is 9.20 Å². The van der Waals surface area contributed by atoms with Gasteiger partial charge in [0, 0.05) is 49.2 Å². The predicted molar refractivity (Wildman–Crippen MR) is 154 cm³/mol. The molecule has 0 spiro atoms. The Kier molecular flexibility index (Phi) is 7.68. The number of rotatable bonds is 9. The molecule has 1 aromatic carbocycles. The van der Waals surface area contributed by atoms with Gasteiger partial charge in [0.05, 0.1) is 19.0 Å². The minimum absolute atomic E-state index is 0.0367. The number of carbonyl (C=O) groups excluding carboxylic acids is 2. The molecule has 43 heavy (non-hydrogen) atoms. The third-order valence-electron chi connectivity index (χ3n) is 8.33. The monoisotopic (exact) mass is 597 g/mol. The van der Waals surface area contributed by atoms with E-state index < -0.39 is 12.2 Å². The van der Waals surface area contributed by atoms with Crippen LogP contribution in [0.3, 0.4) is 0 Å². The number of hydrogen-bond acceptors (Lipinski definition) is 7. The number of aromatic nitrogens is 2. The summed E-state index contributed by atoms with van der Waals surface area (Å²) in [6.45, 7) is 2.52. The molecule has 0 radical (unpaired) electrons. The molecule has 3 fully saturated rings. The number of ketones is 1. The van der Waals surface area contributed by atoms with Crippen molar-refractivity contribution < 1.29 is 37.3 Å². The minimum Gasteiger partial charge on any atom is -0.496 e. The quantitative estimate of drug-likeness (QED) is 0.248. The first-order valence-corrected chi connectivity index (χ1v) is 14.8. The van der Waals surface area contributed by atoms with E-state index in [-0.39, 0.29) is 59.5 Å². The number of carbonyl (C=O) groups is 2.